The molecule has 2 heterocycles. The van der Waals surface area contributed by atoms with Crippen molar-refractivity contribution >= 4 is 28.4 Å². The van der Waals surface area contributed by atoms with Gasteiger partial charge in [-0.25, -0.2) is 0 Å². The molecular weight excluding hydrogens is 282 g/mol. The van der Waals surface area contributed by atoms with Crippen molar-refractivity contribution in [3.05, 3.63) is 50.7 Å². The number of benzene rings is 1. The Hall–Kier alpha value is -1.58. The number of rotatable bonds is 0. The zero-order chi connectivity index (χ0) is 13.4. The van der Waals surface area contributed by atoms with Crippen LogP contribution in [0, 0.1) is 6.92 Å². The van der Waals surface area contributed by atoms with E-state index in [9.17, 15) is 0 Å². The normalized spacial score (nSPS) is 14.1. The zero-order valence-corrected chi connectivity index (χ0v) is 12.8. The summed E-state index contributed by atoms with van der Waals surface area (Å²) < 4.78 is 0. The second kappa shape index (κ2) is 3.54. The second-order valence-corrected chi connectivity index (χ2v) is 7.48. The lowest BCUT2D eigenvalue weighted by Gasteiger charge is -2.15. The number of nitrogens with two attached hydrogens (primary N) is 1. The van der Waals surface area contributed by atoms with Gasteiger partial charge < -0.3 is 5.73 Å². The maximum atomic E-state index is 6.58. The molecule has 98 valence electrons. The first kappa shape index (κ1) is 11.1. The molecular formula is C17H13NS2. The van der Waals surface area contributed by atoms with Crippen molar-refractivity contribution in [3.63, 3.8) is 0 Å². The molecule has 2 N–H and O–H groups in total. The fraction of sp³-hybridized carbons (Fsp3) is 0.176. The Morgan fingerprint density at radius 2 is 1.50 bits per heavy atom. The summed E-state index contributed by atoms with van der Waals surface area (Å²) in [5, 5.41) is 4.39. The smallest absolute Gasteiger partial charge is 0.0447 e. The van der Waals surface area contributed by atoms with Crippen molar-refractivity contribution in [2.45, 2.75) is 19.8 Å². The van der Waals surface area contributed by atoms with E-state index in [1.807, 2.05) is 22.7 Å². The van der Waals surface area contributed by atoms with Gasteiger partial charge in [0.25, 0.3) is 0 Å². The Labute approximate surface area is 125 Å². The van der Waals surface area contributed by atoms with Crippen LogP contribution in [0.2, 0.25) is 0 Å². The third-order valence-electron chi connectivity index (χ3n) is 4.71. The molecule has 1 aromatic carbocycles. The van der Waals surface area contributed by atoms with Crippen LogP contribution in [0.25, 0.3) is 20.9 Å². The minimum absolute atomic E-state index is 1.01. The van der Waals surface area contributed by atoms with Gasteiger partial charge in [-0.3, -0.25) is 0 Å². The predicted octanol–water partition coefficient (Wildman–Crippen LogP) is 4.84. The van der Waals surface area contributed by atoms with Gasteiger partial charge in [0, 0.05) is 33.0 Å². The number of nitrogen functional groups attached to an aromatic ring is 1. The van der Waals surface area contributed by atoms with E-state index in [1.165, 1.54) is 48.7 Å². The molecule has 0 atom stereocenters. The molecule has 2 aliphatic carbocycles. The maximum absolute atomic E-state index is 6.58. The first-order valence-electron chi connectivity index (χ1n) is 6.83. The molecule has 2 aliphatic rings. The lowest BCUT2D eigenvalue weighted by atomic mass is 9.93. The molecule has 1 nitrogen and oxygen atoms in total. The number of thiophene rings is 2. The third-order valence-corrected chi connectivity index (χ3v) is 6.66. The Kier molecular flexibility index (Phi) is 1.97. The molecule has 0 saturated heterocycles. The van der Waals surface area contributed by atoms with Gasteiger partial charge in [0.05, 0.1) is 0 Å². The van der Waals surface area contributed by atoms with Crippen LogP contribution in [0.15, 0.2) is 22.9 Å². The summed E-state index contributed by atoms with van der Waals surface area (Å²) >= 11 is 3.69. The summed E-state index contributed by atoms with van der Waals surface area (Å²) in [6.07, 6.45) is 2.06. The highest BCUT2D eigenvalue weighted by molar-refractivity contribution is 7.14. The van der Waals surface area contributed by atoms with E-state index in [0.717, 1.165) is 18.5 Å². The van der Waals surface area contributed by atoms with E-state index >= 15 is 0 Å². The van der Waals surface area contributed by atoms with Gasteiger partial charge in [0.2, 0.25) is 0 Å². The van der Waals surface area contributed by atoms with Gasteiger partial charge in [-0.1, -0.05) is 0 Å². The van der Waals surface area contributed by atoms with Gasteiger partial charge in [-0.15, -0.1) is 22.7 Å². The quantitative estimate of drug-likeness (QED) is 0.406. The molecule has 0 saturated carbocycles. The van der Waals surface area contributed by atoms with Crippen LogP contribution in [0.3, 0.4) is 0 Å². The van der Waals surface area contributed by atoms with Gasteiger partial charge in [-0.05, 0) is 64.1 Å². The zero-order valence-electron chi connectivity index (χ0n) is 11.1. The first-order valence-corrected chi connectivity index (χ1v) is 8.59. The summed E-state index contributed by atoms with van der Waals surface area (Å²) in [6.45, 7) is 2.28. The average molecular weight is 295 g/mol. The standard InChI is InChI=1S/C17H13NS2/c1-8-11-6-9-2-5-20-17(9)14(11)15(18)12-7-10-3-4-19-16(10)13(8)12/h2-5H,6-7,18H2,1H3. The van der Waals surface area contributed by atoms with Gasteiger partial charge in [-0.2, -0.15) is 0 Å². The Balaban J connectivity index is 1.90. The molecule has 0 amide bonds. The monoisotopic (exact) mass is 295 g/mol. The van der Waals surface area contributed by atoms with Gasteiger partial charge in [0.15, 0.2) is 0 Å². The number of anilines is 1. The van der Waals surface area contributed by atoms with E-state index in [0.29, 0.717) is 0 Å². The maximum Gasteiger partial charge on any atom is 0.0447 e. The minimum atomic E-state index is 1.01. The summed E-state index contributed by atoms with van der Waals surface area (Å²) in [4.78, 5) is 2.85. The Morgan fingerprint density at radius 3 is 2.20 bits per heavy atom. The number of fused-ring (bicyclic) bond motifs is 6. The lowest BCUT2D eigenvalue weighted by molar-refractivity contribution is 1.21. The predicted molar refractivity (Wildman–Crippen MR) is 87.8 cm³/mol. The fourth-order valence-electron chi connectivity index (χ4n) is 3.75. The summed E-state index contributed by atoms with van der Waals surface area (Å²) in [6, 6.07) is 4.50. The van der Waals surface area contributed by atoms with E-state index in [-0.39, 0.29) is 0 Å². The number of hydrogen-bond acceptors (Lipinski definition) is 3. The average Bonchev–Trinajstić information content (AvgIpc) is 3.13. The van der Waals surface area contributed by atoms with Crippen LogP contribution in [-0.2, 0) is 12.8 Å². The molecule has 0 aliphatic heterocycles. The van der Waals surface area contributed by atoms with Crippen LogP contribution >= 0.6 is 22.7 Å². The molecule has 0 spiro atoms. The van der Waals surface area contributed by atoms with Crippen molar-refractivity contribution in [1.29, 1.82) is 0 Å². The topological polar surface area (TPSA) is 26.0 Å². The fourth-order valence-corrected chi connectivity index (χ4v) is 5.82. The molecule has 0 fully saturated rings. The van der Waals surface area contributed by atoms with Crippen molar-refractivity contribution in [1.82, 2.24) is 0 Å². The number of hydrogen-bond donors (Lipinski definition) is 1. The van der Waals surface area contributed by atoms with Crippen molar-refractivity contribution in [2.75, 3.05) is 5.73 Å². The van der Waals surface area contributed by atoms with Crippen LogP contribution in [-0.4, -0.2) is 0 Å². The Bertz CT molecular complexity index is 809. The van der Waals surface area contributed by atoms with E-state index in [2.05, 4.69) is 29.8 Å². The highest BCUT2D eigenvalue weighted by Gasteiger charge is 2.32. The van der Waals surface area contributed by atoms with E-state index in [1.54, 1.807) is 0 Å². The van der Waals surface area contributed by atoms with Crippen LogP contribution in [0.4, 0.5) is 5.69 Å². The molecule has 2 aromatic heterocycles. The van der Waals surface area contributed by atoms with Crippen molar-refractivity contribution in [2.24, 2.45) is 0 Å². The van der Waals surface area contributed by atoms with Crippen LogP contribution < -0.4 is 5.73 Å². The van der Waals surface area contributed by atoms with Crippen LogP contribution in [0.5, 0.6) is 0 Å². The molecule has 0 bridgehead atoms. The third kappa shape index (κ3) is 1.14. The second-order valence-electron chi connectivity index (χ2n) is 5.65. The molecule has 3 aromatic rings. The van der Waals surface area contributed by atoms with Crippen molar-refractivity contribution in [3.8, 4) is 20.9 Å². The van der Waals surface area contributed by atoms with Gasteiger partial charge in [0.1, 0.15) is 0 Å². The molecule has 5 rings (SSSR count). The molecule has 0 unspecified atom stereocenters. The minimum Gasteiger partial charge on any atom is -0.398 e. The van der Waals surface area contributed by atoms with E-state index < -0.39 is 0 Å². The highest BCUT2D eigenvalue weighted by Crippen LogP contribution is 2.53. The summed E-state index contributed by atoms with van der Waals surface area (Å²) in [5.74, 6) is 0. The lowest BCUT2D eigenvalue weighted by Crippen LogP contribution is -2.00. The summed E-state index contributed by atoms with van der Waals surface area (Å²) in [5.41, 5.74) is 17.6. The molecule has 20 heavy (non-hydrogen) atoms. The Morgan fingerprint density at radius 1 is 0.900 bits per heavy atom. The molecule has 3 heteroatoms. The largest absolute Gasteiger partial charge is 0.398 e. The van der Waals surface area contributed by atoms with Gasteiger partial charge >= 0.3 is 0 Å². The summed E-state index contributed by atoms with van der Waals surface area (Å²) in [7, 11) is 0. The SMILES string of the molecule is Cc1c2c(c(N)c3c1-c1sccc1C3)-c1sccc1C2. The molecule has 0 radical (unpaired) electrons. The van der Waals surface area contributed by atoms with Crippen LogP contribution in [0.1, 0.15) is 27.8 Å². The first-order chi connectivity index (χ1) is 9.75. The van der Waals surface area contributed by atoms with E-state index in [4.69, 9.17) is 5.73 Å². The van der Waals surface area contributed by atoms with Crippen molar-refractivity contribution < 1.29 is 0 Å². The highest BCUT2D eigenvalue weighted by atomic mass is 32.1.